The van der Waals surface area contributed by atoms with Crippen LogP contribution in [0.25, 0.3) is 0 Å². The van der Waals surface area contributed by atoms with Gasteiger partial charge in [0.05, 0.1) is 5.75 Å². The Kier molecular flexibility index (Phi) is 4.81. The van der Waals surface area contributed by atoms with Crippen molar-refractivity contribution in [2.75, 3.05) is 25.4 Å². The van der Waals surface area contributed by atoms with E-state index >= 15 is 0 Å². The number of nitrogens with two attached hydrogens (primary N) is 1. The van der Waals surface area contributed by atoms with Crippen molar-refractivity contribution in [2.45, 2.75) is 38.1 Å². The summed E-state index contributed by atoms with van der Waals surface area (Å²) in [5.41, 5.74) is 5.92. The maximum absolute atomic E-state index is 11.7. The normalized spacial score (nSPS) is 30.6. The van der Waals surface area contributed by atoms with E-state index in [4.69, 9.17) is 5.73 Å². The molecule has 110 valence electrons. The number of sulfonamides is 1. The van der Waals surface area contributed by atoms with Crippen LogP contribution in [0.15, 0.2) is 0 Å². The van der Waals surface area contributed by atoms with Crippen molar-refractivity contribution in [3.8, 4) is 0 Å². The molecule has 1 aliphatic carbocycles. The Hall–Kier alpha value is -0.660. The largest absolute Gasteiger partial charge is 0.355 e. The van der Waals surface area contributed by atoms with Gasteiger partial charge in [0.1, 0.15) is 0 Å². The van der Waals surface area contributed by atoms with Crippen LogP contribution >= 0.6 is 0 Å². The molecule has 1 aliphatic heterocycles. The zero-order valence-electron chi connectivity index (χ0n) is 11.2. The summed E-state index contributed by atoms with van der Waals surface area (Å²) in [7, 11) is -3.05. The van der Waals surface area contributed by atoms with Crippen molar-refractivity contribution in [1.82, 2.24) is 9.62 Å². The first kappa shape index (κ1) is 14.7. The number of hydrogen-bond acceptors (Lipinski definition) is 4. The van der Waals surface area contributed by atoms with Crippen LogP contribution in [0.2, 0.25) is 0 Å². The van der Waals surface area contributed by atoms with E-state index < -0.39 is 10.0 Å². The second kappa shape index (κ2) is 6.19. The van der Waals surface area contributed by atoms with E-state index in [0.29, 0.717) is 32.5 Å². The van der Waals surface area contributed by atoms with Gasteiger partial charge in [0.15, 0.2) is 0 Å². The van der Waals surface area contributed by atoms with Crippen molar-refractivity contribution in [3.05, 3.63) is 0 Å². The van der Waals surface area contributed by atoms with E-state index in [1.165, 1.54) is 4.31 Å². The molecule has 19 heavy (non-hydrogen) atoms. The van der Waals surface area contributed by atoms with E-state index in [-0.39, 0.29) is 23.6 Å². The summed E-state index contributed by atoms with van der Waals surface area (Å²) >= 11 is 0. The quantitative estimate of drug-likeness (QED) is 0.724. The van der Waals surface area contributed by atoms with Crippen LogP contribution in [0.1, 0.15) is 32.1 Å². The molecule has 0 aromatic rings. The minimum atomic E-state index is -3.05. The van der Waals surface area contributed by atoms with Gasteiger partial charge in [-0.2, -0.15) is 0 Å². The second-order valence-electron chi connectivity index (χ2n) is 5.48. The van der Waals surface area contributed by atoms with Crippen molar-refractivity contribution in [3.63, 3.8) is 0 Å². The summed E-state index contributed by atoms with van der Waals surface area (Å²) in [5, 5.41) is 2.79. The third kappa shape index (κ3) is 3.90. The van der Waals surface area contributed by atoms with Crippen LogP contribution in [0.5, 0.6) is 0 Å². The fraction of sp³-hybridized carbons (Fsp3) is 0.917. The van der Waals surface area contributed by atoms with Gasteiger partial charge in [-0.05, 0) is 25.2 Å². The minimum Gasteiger partial charge on any atom is -0.355 e. The number of nitrogens with zero attached hydrogens (tertiary/aromatic N) is 1. The molecule has 2 atom stereocenters. The molecule has 0 radical (unpaired) electrons. The molecule has 0 aromatic heterocycles. The van der Waals surface area contributed by atoms with Crippen LogP contribution < -0.4 is 11.1 Å². The Morgan fingerprint density at radius 2 is 2.11 bits per heavy atom. The molecule has 1 saturated carbocycles. The highest BCUT2D eigenvalue weighted by Crippen LogP contribution is 2.26. The summed E-state index contributed by atoms with van der Waals surface area (Å²) < 4.78 is 24.6. The Balaban J connectivity index is 1.67. The van der Waals surface area contributed by atoms with E-state index in [2.05, 4.69) is 5.32 Å². The summed E-state index contributed by atoms with van der Waals surface area (Å²) in [4.78, 5) is 11.7. The average Bonchev–Trinajstić information content (AvgIpc) is 2.87. The van der Waals surface area contributed by atoms with Crippen molar-refractivity contribution in [2.24, 2.45) is 11.7 Å². The standard InChI is InChI=1S/C12H23N3O3S/c13-11-4-1-3-10(11)9-12(16)14-5-7-15-6-2-8-19(15,17)18/h10-11H,1-9,13H2,(H,14,16)/t10-,11+/m0/s1. The van der Waals surface area contributed by atoms with Crippen molar-refractivity contribution < 1.29 is 13.2 Å². The molecule has 7 heteroatoms. The summed E-state index contributed by atoms with van der Waals surface area (Å²) in [6, 6.07) is 0.143. The molecule has 2 fully saturated rings. The first-order valence-corrected chi connectivity index (χ1v) is 8.60. The van der Waals surface area contributed by atoms with Crippen molar-refractivity contribution >= 4 is 15.9 Å². The number of hydrogen-bond donors (Lipinski definition) is 2. The Bertz CT molecular complexity index is 424. The highest BCUT2D eigenvalue weighted by atomic mass is 32.2. The van der Waals surface area contributed by atoms with Gasteiger partial charge in [-0.1, -0.05) is 6.42 Å². The molecule has 1 amide bonds. The lowest BCUT2D eigenvalue weighted by atomic mass is 10.00. The molecule has 6 nitrogen and oxygen atoms in total. The molecule has 0 spiro atoms. The number of nitrogens with one attached hydrogen (secondary N) is 1. The maximum atomic E-state index is 11.7. The molecule has 2 aliphatic rings. The number of rotatable bonds is 5. The summed E-state index contributed by atoms with van der Waals surface area (Å²) in [5.74, 6) is 0.507. The lowest BCUT2D eigenvalue weighted by Crippen LogP contribution is -2.37. The smallest absolute Gasteiger partial charge is 0.220 e. The second-order valence-corrected chi connectivity index (χ2v) is 7.57. The number of carbonyl (C=O) groups is 1. The fourth-order valence-electron chi connectivity index (χ4n) is 2.89. The van der Waals surface area contributed by atoms with Gasteiger partial charge < -0.3 is 11.1 Å². The Morgan fingerprint density at radius 3 is 2.68 bits per heavy atom. The van der Waals surface area contributed by atoms with Crippen molar-refractivity contribution in [1.29, 1.82) is 0 Å². The maximum Gasteiger partial charge on any atom is 0.220 e. The van der Waals surface area contributed by atoms with Crippen LogP contribution in [-0.2, 0) is 14.8 Å². The fourth-order valence-corrected chi connectivity index (χ4v) is 4.42. The van der Waals surface area contributed by atoms with Gasteiger partial charge in [0.2, 0.25) is 15.9 Å². The topological polar surface area (TPSA) is 92.5 Å². The monoisotopic (exact) mass is 289 g/mol. The highest BCUT2D eigenvalue weighted by molar-refractivity contribution is 7.89. The van der Waals surface area contributed by atoms with Gasteiger partial charge in [-0.15, -0.1) is 0 Å². The summed E-state index contributed by atoms with van der Waals surface area (Å²) in [6.07, 6.45) is 4.28. The van der Waals surface area contributed by atoms with E-state index in [0.717, 1.165) is 19.3 Å². The zero-order valence-corrected chi connectivity index (χ0v) is 12.0. The van der Waals surface area contributed by atoms with Gasteiger partial charge in [-0.3, -0.25) is 4.79 Å². The molecule has 3 N–H and O–H groups in total. The summed E-state index contributed by atoms with van der Waals surface area (Å²) in [6.45, 7) is 1.34. The van der Waals surface area contributed by atoms with Crippen LogP contribution in [0.4, 0.5) is 0 Å². The Labute approximate surface area is 114 Å². The molecule has 0 aromatic carbocycles. The van der Waals surface area contributed by atoms with Gasteiger partial charge in [-0.25, -0.2) is 12.7 Å². The van der Waals surface area contributed by atoms with E-state index in [1.54, 1.807) is 0 Å². The molecule has 1 saturated heterocycles. The zero-order chi connectivity index (χ0) is 13.9. The first-order chi connectivity index (χ1) is 8.99. The predicted octanol–water partition coefficient (Wildman–Crippen LogP) is -0.344. The van der Waals surface area contributed by atoms with Crippen LogP contribution in [0, 0.1) is 5.92 Å². The van der Waals surface area contributed by atoms with Crippen LogP contribution in [-0.4, -0.2) is 50.1 Å². The SMILES string of the molecule is N[C@@H]1CCC[C@H]1CC(=O)NCCN1CCCS1(=O)=O. The average molecular weight is 289 g/mol. The van der Waals surface area contributed by atoms with E-state index in [9.17, 15) is 13.2 Å². The van der Waals surface area contributed by atoms with Gasteiger partial charge in [0.25, 0.3) is 0 Å². The Morgan fingerprint density at radius 1 is 1.32 bits per heavy atom. The third-order valence-corrected chi connectivity index (χ3v) is 6.01. The third-order valence-electron chi connectivity index (χ3n) is 4.05. The number of amides is 1. The molecular formula is C12H23N3O3S. The lowest BCUT2D eigenvalue weighted by Gasteiger charge is -2.17. The lowest BCUT2D eigenvalue weighted by molar-refractivity contribution is -0.122. The van der Waals surface area contributed by atoms with Gasteiger partial charge in [0, 0.05) is 32.1 Å². The molecular weight excluding hydrogens is 266 g/mol. The highest BCUT2D eigenvalue weighted by Gasteiger charge is 2.28. The molecule has 2 rings (SSSR count). The van der Waals surface area contributed by atoms with Crippen LogP contribution in [0.3, 0.4) is 0 Å². The first-order valence-electron chi connectivity index (χ1n) is 6.99. The number of carbonyl (C=O) groups excluding carboxylic acids is 1. The van der Waals surface area contributed by atoms with E-state index in [1.807, 2.05) is 0 Å². The molecule has 0 unspecified atom stereocenters. The molecule has 1 heterocycles. The predicted molar refractivity (Wildman–Crippen MR) is 72.9 cm³/mol. The van der Waals surface area contributed by atoms with Gasteiger partial charge >= 0.3 is 0 Å². The molecule has 0 bridgehead atoms. The minimum absolute atomic E-state index is 0.0149.